The molecule has 2 fully saturated rings. The van der Waals surface area contributed by atoms with Crippen LogP contribution in [-0.2, 0) is 4.74 Å². The van der Waals surface area contributed by atoms with E-state index in [1.165, 1.54) is 6.07 Å². The lowest BCUT2D eigenvalue weighted by atomic mass is 9.97. The molecule has 1 heterocycles. The average molecular weight is 282 g/mol. The largest absolute Gasteiger partial charge is 0.374 e. The van der Waals surface area contributed by atoms with E-state index in [1.807, 2.05) is 7.05 Å². The maximum absolute atomic E-state index is 14.2. The SMILES string of the molecule is CNCC1OCCN(C2CC2)C1c1ccc(F)cc1F. The topological polar surface area (TPSA) is 24.5 Å². The Bertz CT molecular complexity index is 477. The van der Waals surface area contributed by atoms with Gasteiger partial charge >= 0.3 is 0 Å². The van der Waals surface area contributed by atoms with Gasteiger partial charge in [0.15, 0.2) is 0 Å². The van der Waals surface area contributed by atoms with Gasteiger partial charge in [-0.1, -0.05) is 6.07 Å². The molecule has 0 bridgehead atoms. The van der Waals surface area contributed by atoms with Crippen molar-refractivity contribution in [2.75, 3.05) is 26.7 Å². The summed E-state index contributed by atoms with van der Waals surface area (Å²) >= 11 is 0. The molecule has 110 valence electrons. The zero-order chi connectivity index (χ0) is 14.1. The molecule has 1 saturated carbocycles. The molecule has 2 unspecified atom stereocenters. The molecular weight excluding hydrogens is 262 g/mol. The molecule has 0 radical (unpaired) electrons. The van der Waals surface area contributed by atoms with Crippen molar-refractivity contribution in [1.29, 1.82) is 0 Å². The number of halogens is 2. The zero-order valence-electron chi connectivity index (χ0n) is 11.6. The Labute approximate surface area is 117 Å². The van der Waals surface area contributed by atoms with Gasteiger partial charge in [-0.05, 0) is 26.0 Å². The molecule has 1 saturated heterocycles. The number of hydrogen-bond donors (Lipinski definition) is 1. The van der Waals surface area contributed by atoms with Crippen molar-refractivity contribution in [2.45, 2.75) is 31.0 Å². The second-order valence-corrected chi connectivity index (χ2v) is 5.55. The molecule has 0 aromatic heterocycles. The Balaban J connectivity index is 1.93. The van der Waals surface area contributed by atoms with Gasteiger partial charge < -0.3 is 10.1 Å². The van der Waals surface area contributed by atoms with Crippen LogP contribution in [-0.4, -0.2) is 43.8 Å². The van der Waals surface area contributed by atoms with E-state index in [1.54, 1.807) is 6.07 Å². The van der Waals surface area contributed by atoms with E-state index >= 15 is 0 Å². The van der Waals surface area contributed by atoms with E-state index in [0.29, 0.717) is 24.8 Å². The molecule has 2 aliphatic rings. The molecule has 3 rings (SSSR count). The summed E-state index contributed by atoms with van der Waals surface area (Å²) in [5, 5.41) is 3.10. The van der Waals surface area contributed by atoms with Crippen molar-refractivity contribution in [1.82, 2.24) is 10.2 Å². The van der Waals surface area contributed by atoms with Crippen molar-refractivity contribution in [3.63, 3.8) is 0 Å². The number of ether oxygens (including phenoxy) is 1. The molecular formula is C15H20F2N2O. The number of likely N-dealkylation sites (N-methyl/N-ethyl adjacent to an activating group) is 1. The predicted molar refractivity (Wildman–Crippen MR) is 72.5 cm³/mol. The van der Waals surface area contributed by atoms with Crippen molar-refractivity contribution >= 4 is 0 Å². The smallest absolute Gasteiger partial charge is 0.131 e. The van der Waals surface area contributed by atoms with Gasteiger partial charge in [0.2, 0.25) is 0 Å². The van der Waals surface area contributed by atoms with Crippen LogP contribution >= 0.6 is 0 Å². The molecule has 3 nitrogen and oxygen atoms in total. The first-order chi connectivity index (χ1) is 9.70. The Kier molecular flexibility index (Phi) is 4.01. The fourth-order valence-electron chi connectivity index (χ4n) is 3.06. The highest BCUT2D eigenvalue weighted by molar-refractivity contribution is 5.25. The summed E-state index contributed by atoms with van der Waals surface area (Å²) in [6.45, 7) is 2.14. The summed E-state index contributed by atoms with van der Waals surface area (Å²) in [6, 6.07) is 4.24. The predicted octanol–water partition coefficient (Wildman–Crippen LogP) is 2.09. The van der Waals surface area contributed by atoms with Crippen LogP contribution in [0.3, 0.4) is 0 Å². The van der Waals surface area contributed by atoms with E-state index < -0.39 is 11.6 Å². The molecule has 1 aromatic carbocycles. The molecule has 1 aromatic rings. The van der Waals surface area contributed by atoms with Crippen LogP contribution in [0, 0.1) is 11.6 Å². The lowest BCUT2D eigenvalue weighted by Gasteiger charge is -2.42. The summed E-state index contributed by atoms with van der Waals surface area (Å²) < 4.78 is 33.1. The quantitative estimate of drug-likeness (QED) is 0.915. The second kappa shape index (κ2) is 5.76. The van der Waals surface area contributed by atoms with Gasteiger partial charge in [0.1, 0.15) is 11.6 Å². The van der Waals surface area contributed by atoms with Crippen LogP contribution in [0.1, 0.15) is 24.4 Å². The van der Waals surface area contributed by atoms with Gasteiger partial charge in [0.05, 0.1) is 18.8 Å². The monoisotopic (exact) mass is 282 g/mol. The lowest BCUT2D eigenvalue weighted by molar-refractivity contribution is -0.0750. The fourth-order valence-corrected chi connectivity index (χ4v) is 3.06. The van der Waals surface area contributed by atoms with Gasteiger partial charge in [-0.2, -0.15) is 0 Å². The highest BCUT2D eigenvalue weighted by Gasteiger charge is 2.41. The molecule has 0 amide bonds. The maximum Gasteiger partial charge on any atom is 0.131 e. The Hall–Kier alpha value is -1.04. The number of morpholine rings is 1. The van der Waals surface area contributed by atoms with Crippen molar-refractivity contribution < 1.29 is 13.5 Å². The van der Waals surface area contributed by atoms with Crippen LogP contribution < -0.4 is 5.32 Å². The van der Waals surface area contributed by atoms with Crippen molar-refractivity contribution in [3.05, 3.63) is 35.4 Å². The molecule has 2 atom stereocenters. The van der Waals surface area contributed by atoms with Gasteiger partial charge in [0.25, 0.3) is 0 Å². The summed E-state index contributed by atoms with van der Waals surface area (Å²) in [5.74, 6) is -1.02. The normalized spacial score (nSPS) is 27.8. The van der Waals surface area contributed by atoms with Crippen LogP contribution in [0.5, 0.6) is 0 Å². The first-order valence-electron chi connectivity index (χ1n) is 7.17. The van der Waals surface area contributed by atoms with Crippen LogP contribution in [0.2, 0.25) is 0 Å². The minimum atomic E-state index is -0.536. The summed E-state index contributed by atoms with van der Waals surface area (Å²) in [4.78, 5) is 2.32. The van der Waals surface area contributed by atoms with E-state index in [-0.39, 0.29) is 12.1 Å². The Morgan fingerprint density at radius 1 is 1.35 bits per heavy atom. The third kappa shape index (κ3) is 2.71. The highest BCUT2D eigenvalue weighted by Crippen LogP contribution is 2.39. The number of rotatable bonds is 4. The third-order valence-electron chi connectivity index (χ3n) is 4.09. The highest BCUT2D eigenvalue weighted by atomic mass is 19.1. The van der Waals surface area contributed by atoms with Crippen molar-refractivity contribution in [3.8, 4) is 0 Å². The Morgan fingerprint density at radius 2 is 2.15 bits per heavy atom. The number of hydrogen-bond acceptors (Lipinski definition) is 3. The molecule has 1 N–H and O–H groups in total. The van der Waals surface area contributed by atoms with Crippen LogP contribution in [0.15, 0.2) is 18.2 Å². The zero-order valence-corrected chi connectivity index (χ0v) is 11.6. The summed E-state index contributed by atoms with van der Waals surface area (Å²) in [6.07, 6.45) is 2.21. The van der Waals surface area contributed by atoms with Gasteiger partial charge in [0, 0.05) is 30.8 Å². The Morgan fingerprint density at radius 3 is 2.80 bits per heavy atom. The van der Waals surface area contributed by atoms with Crippen LogP contribution in [0.4, 0.5) is 8.78 Å². The fraction of sp³-hybridized carbons (Fsp3) is 0.600. The molecule has 1 aliphatic carbocycles. The lowest BCUT2D eigenvalue weighted by Crippen LogP contribution is -2.49. The number of benzene rings is 1. The second-order valence-electron chi connectivity index (χ2n) is 5.55. The van der Waals surface area contributed by atoms with Gasteiger partial charge in [-0.15, -0.1) is 0 Å². The third-order valence-corrected chi connectivity index (χ3v) is 4.09. The van der Waals surface area contributed by atoms with E-state index in [4.69, 9.17) is 4.74 Å². The van der Waals surface area contributed by atoms with E-state index in [0.717, 1.165) is 25.5 Å². The van der Waals surface area contributed by atoms with Crippen LogP contribution in [0.25, 0.3) is 0 Å². The van der Waals surface area contributed by atoms with Crippen molar-refractivity contribution in [2.24, 2.45) is 0 Å². The summed E-state index contributed by atoms with van der Waals surface area (Å²) in [7, 11) is 1.86. The van der Waals surface area contributed by atoms with Gasteiger partial charge in [-0.25, -0.2) is 8.78 Å². The summed E-state index contributed by atoms with van der Waals surface area (Å²) in [5.41, 5.74) is 0.540. The average Bonchev–Trinajstić information content (AvgIpc) is 3.24. The van der Waals surface area contributed by atoms with E-state index in [2.05, 4.69) is 10.2 Å². The first-order valence-corrected chi connectivity index (χ1v) is 7.17. The van der Waals surface area contributed by atoms with E-state index in [9.17, 15) is 8.78 Å². The number of nitrogens with zero attached hydrogens (tertiary/aromatic N) is 1. The molecule has 1 aliphatic heterocycles. The first kappa shape index (κ1) is 13.9. The molecule has 20 heavy (non-hydrogen) atoms. The molecule has 0 spiro atoms. The number of nitrogens with one attached hydrogen (secondary N) is 1. The van der Waals surface area contributed by atoms with Gasteiger partial charge in [-0.3, -0.25) is 4.90 Å². The standard InChI is InChI=1S/C15H20F2N2O/c1-18-9-14-15(12-5-2-10(16)8-13(12)17)19(6-7-20-14)11-3-4-11/h2,5,8,11,14-15,18H,3-4,6-7,9H2,1H3. The maximum atomic E-state index is 14.2. The molecule has 5 heteroatoms. The minimum absolute atomic E-state index is 0.102. The minimum Gasteiger partial charge on any atom is -0.374 e.